The van der Waals surface area contributed by atoms with Crippen molar-refractivity contribution in [1.82, 2.24) is 30.2 Å². The SMILES string of the molecule is CC(C)(C)n1c(SCC(=O)O)nnc1-c1cn[nH]n1. The second-order valence-electron chi connectivity index (χ2n) is 4.85. The number of thioether (sulfide) groups is 1. The van der Waals surface area contributed by atoms with Crippen molar-refractivity contribution in [1.29, 1.82) is 0 Å². The van der Waals surface area contributed by atoms with Gasteiger partial charge in [-0.3, -0.25) is 9.36 Å². The summed E-state index contributed by atoms with van der Waals surface area (Å²) in [7, 11) is 0. The summed E-state index contributed by atoms with van der Waals surface area (Å²) in [5.41, 5.74) is 0.281. The highest BCUT2D eigenvalue weighted by molar-refractivity contribution is 7.99. The molecule has 8 nitrogen and oxygen atoms in total. The van der Waals surface area contributed by atoms with Crippen LogP contribution in [0.25, 0.3) is 11.5 Å². The van der Waals surface area contributed by atoms with Crippen LogP contribution in [-0.2, 0) is 10.3 Å². The maximum Gasteiger partial charge on any atom is 0.313 e. The molecule has 0 atom stereocenters. The van der Waals surface area contributed by atoms with Crippen LogP contribution >= 0.6 is 11.8 Å². The molecule has 2 aromatic rings. The van der Waals surface area contributed by atoms with Crippen LogP contribution in [0.4, 0.5) is 0 Å². The topological polar surface area (TPSA) is 110 Å². The van der Waals surface area contributed by atoms with Crippen molar-refractivity contribution in [3.8, 4) is 11.5 Å². The van der Waals surface area contributed by atoms with Crippen molar-refractivity contribution < 1.29 is 9.90 Å². The molecular formula is C10H14N6O2S. The van der Waals surface area contributed by atoms with Crippen LogP contribution < -0.4 is 0 Å². The molecule has 2 rings (SSSR count). The molecule has 0 aliphatic carbocycles. The summed E-state index contributed by atoms with van der Waals surface area (Å²) >= 11 is 1.13. The van der Waals surface area contributed by atoms with Gasteiger partial charge in [0.1, 0.15) is 5.69 Å². The maximum atomic E-state index is 10.7. The number of carboxylic acid groups (broad SMARTS) is 1. The largest absolute Gasteiger partial charge is 0.481 e. The van der Waals surface area contributed by atoms with Gasteiger partial charge in [0.2, 0.25) is 0 Å². The number of carbonyl (C=O) groups is 1. The second-order valence-corrected chi connectivity index (χ2v) is 5.79. The van der Waals surface area contributed by atoms with Crippen LogP contribution in [0.15, 0.2) is 11.4 Å². The Morgan fingerprint density at radius 2 is 2.21 bits per heavy atom. The average Bonchev–Trinajstić information content (AvgIpc) is 2.93. The quantitative estimate of drug-likeness (QED) is 0.805. The van der Waals surface area contributed by atoms with E-state index in [9.17, 15) is 4.79 Å². The van der Waals surface area contributed by atoms with Crippen molar-refractivity contribution in [2.75, 3.05) is 5.75 Å². The number of hydrogen-bond donors (Lipinski definition) is 2. The molecule has 0 saturated carbocycles. The zero-order valence-electron chi connectivity index (χ0n) is 10.8. The lowest BCUT2D eigenvalue weighted by Gasteiger charge is -2.23. The van der Waals surface area contributed by atoms with E-state index < -0.39 is 5.97 Å². The van der Waals surface area contributed by atoms with E-state index in [2.05, 4.69) is 25.6 Å². The minimum Gasteiger partial charge on any atom is -0.481 e. The molecule has 2 aromatic heterocycles. The van der Waals surface area contributed by atoms with Gasteiger partial charge < -0.3 is 5.11 Å². The standard InChI is InChI=1S/C10H14N6O2S/c1-10(2,3)16-8(6-4-11-15-12-6)13-14-9(16)19-5-7(17)18/h4H,5H2,1-3H3,(H,17,18)(H,11,12,15). The summed E-state index contributed by atoms with van der Waals surface area (Å²) in [6.45, 7) is 5.97. The average molecular weight is 282 g/mol. The molecule has 0 saturated heterocycles. The fourth-order valence-corrected chi connectivity index (χ4v) is 2.41. The Balaban J connectivity index is 2.43. The second kappa shape index (κ2) is 5.00. The van der Waals surface area contributed by atoms with Gasteiger partial charge in [0.05, 0.1) is 11.9 Å². The van der Waals surface area contributed by atoms with E-state index in [0.29, 0.717) is 16.7 Å². The lowest BCUT2D eigenvalue weighted by atomic mass is 10.1. The Bertz CT molecular complexity index is 571. The zero-order chi connectivity index (χ0) is 14.0. The molecular weight excluding hydrogens is 268 g/mol. The van der Waals surface area contributed by atoms with Crippen molar-refractivity contribution in [2.24, 2.45) is 0 Å². The normalized spacial score (nSPS) is 11.7. The highest BCUT2D eigenvalue weighted by Gasteiger charge is 2.25. The monoisotopic (exact) mass is 282 g/mol. The zero-order valence-corrected chi connectivity index (χ0v) is 11.6. The lowest BCUT2D eigenvalue weighted by molar-refractivity contribution is -0.133. The number of H-pyrrole nitrogens is 1. The Labute approximate surface area is 113 Å². The van der Waals surface area contributed by atoms with Gasteiger partial charge in [-0.1, -0.05) is 11.8 Å². The van der Waals surface area contributed by atoms with Gasteiger partial charge in [-0.25, -0.2) is 0 Å². The van der Waals surface area contributed by atoms with Gasteiger partial charge in [0.25, 0.3) is 0 Å². The minimum absolute atomic E-state index is 0.0625. The number of aromatic nitrogens is 6. The molecule has 0 fully saturated rings. The molecule has 9 heteroatoms. The first-order valence-corrected chi connectivity index (χ1v) is 6.55. The number of nitrogens with one attached hydrogen (secondary N) is 1. The highest BCUT2D eigenvalue weighted by atomic mass is 32.2. The Morgan fingerprint density at radius 3 is 2.74 bits per heavy atom. The van der Waals surface area contributed by atoms with E-state index in [0.717, 1.165) is 11.8 Å². The minimum atomic E-state index is -0.892. The fourth-order valence-electron chi connectivity index (χ4n) is 1.57. The predicted octanol–water partition coefficient (Wildman–Crippen LogP) is 0.995. The van der Waals surface area contributed by atoms with E-state index in [1.165, 1.54) is 0 Å². The Morgan fingerprint density at radius 1 is 1.47 bits per heavy atom. The molecule has 0 radical (unpaired) electrons. The number of aliphatic carboxylic acids is 1. The van der Waals surface area contributed by atoms with Gasteiger partial charge in [-0.05, 0) is 20.8 Å². The molecule has 0 amide bonds. The molecule has 2 heterocycles. The predicted molar refractivity (Wildman–Crippen MR) is 68.8 cm³/mol. The molecule has 102 valence electrons. The molecule has 2 N–H and O–H groups in total. The molecule has 0 unspecified atom stereocenters. The van der Waals surface area contributed by atoms with Gasteiger partial charge in [-0.15, -0.1) is 10.2 Å². The third-order valence-corrected chi connectivity index (χ3v) is 3.19. The van der Waals surface area contributed by atoms with Crippen LogP contribution in [0, 0.1) is 0 Å². The van der Waals surface area contributed by atoms with Crippen LogP contribution in [0.1, 0.15) is 20.8 Å². The summed E-state index contributed by atoms with van der Waals surface area (Å²) in [6, 6.07) is 0. The molecule has 0 spiro atoms. The number of nitrogens with zero attached hydrogens (tertiary/aromatic N) is 5. The molecule has 0 aliphatic rings. The number of carboxylic acids is 1. The third kappa shape index (κ3) is 2.92. The molecule has 0 bridgehead atoms. The lowest BCUT2D eigenvalue weighted by Crippen LogP contribution is -2.24. The van der Waals surface area contributed by atoms with Gasteiger partial charge in [0.15, 0.2) is 11.0 Å². The summed E-state index contributed by atoms with van der Waals surface area (Å²) in [5.74, 6) is -0.391. The van der Waals surface area contributed by atoms with Crippen molar-refractivity contribution in [2.45, 2.75) is 31.5 Å². The first kappa shape index (κ1) is 13.5. The molecule has 0 aliphatic heterocycles. The van der Waals surface area contributed by atoms with Crippen molar-refractivity contribution in [3.05, 3.63) is 6.20 Å². The third-order valence-electron chi connectivity index (χ3n) is 2.27. The van der Waals surface area contributed by atoms with Crippen LogP contribution in [0.2, 0.25) is 0 Å². The molecule has 0 aromatic carbocycles. The first-order valence-electron chi connectivity index (χ1n) is 5.56. The smallest absolute Gasteiger partial charge is 0.313 e. The van der Waals surface area contributed by atoms with E-state index in [-0.39, 0.29) is 11.3 Å². The van der Waals surface area contributed by atoms with Gasteiger partial charge >= 0.3 is 5.97 Å². The highest BCUT2D eigenvalue weighted by Crippen LogP contribution is 2.29. The number of rotatable bonds is 4. The summed E-state index contributed by atoms with van der Waals surface area (Å²) in [5, 5.41) is 27.7. The maximum absolute atomic E-state index is 10.7. The molecule has 19 heavy (non-hydrogen) atoms. The summed E-state index contributed by atoms with van der Waals surface area (Å²) in [6.07, 6.45) is 1.55. The van der Waals surface area contributed by atoms with E-state index in [4.69, 9.17) is 5.11 Å². The first-order chi connectivity index (χ1) is 8.89. The van der Waals surface area contributed by atoms with Crippen LogP contribution in [-0.4, -0.2) is 47.0 Å². The van der Waals surface area contributed by atoms with Crippen LogP contribution in [0.5, 0.6) is 0 Å². The van der Waals surface area contributed by atoms with Crippen LogP contribution in [0.3, 0.4) is 0 Å². The Kier molecular flexibility index (Phi) is 3.56. The van der Waals surface area contributed by atoms with Crippen molar-refractivity contribution in [3.63, 3.8) is 0 Å². The summed E-state index contributed by atoms with van der Waals surface area (Å²) < 4.78 is 1.86. The Hall–Kier alpha value is -1.90. The fraction of sp³-hybridized carbons (Fsp3) is 0.500. The van der Waals surface area contributed by atoms with E-state index in [1.807, 2.05) is 25.3 Å². The van der Waals surface area contributed by atoms with E-state index >= 15 is 0 Å². The number of aromatic amines is 1. The van der Waals surface area contributed by atoms with Gasteiger partial charge in [0, 0.05) is 5.54 Å². The van der Waals surface area contributed by atoms with Gasteiger partial charge in [-0.2, -0.15) is 15.4 Å². The van der Waals surface area contributed by atoms with E-state index in [1.54, 1.807) is 6.20 Å². The number of hydrogen-bond acceptors (Lipinski definition) is 6. The summed E-state index contributed by atoms with van der Waals surface area (Å²) in [4.78, 5) is 10.7. The van der Waals surface area contributed by atoms with Crippen molar-refractivity contribution >= 4 is 17.7 Å².